The van der Waals surface area contributed by atoms with Crippen molar-refractivity contribution in [3.63, 3.8) is 0 Å². The fraction of sp³-hybridized carbons (Fsp3) is 0.625. The van der Waals surface area contributed by atoms with Crippen LogP contribution in [0.3, 0.4) is 0 Å². The molecule has 1 fully saturated rings. The molecular weight excluding hydrogens is 268 g/mol. The molecule has 1 saturated heterocycles. The summed E-state index contributed by atoms with van der Waals surface area (Å²) < 4.78 is 16.3. The van der Waals surface area contributed by atoms with Gasteiger partial charge in [0.15, 0.2) is 11.5 Å². The molecule has 0 unspecified atom stereocenters. The molecule has 5 heteroatoms. The van der Waals surface area contributed by atoms with Crippen LogP contribution in [0.5, 0.6) is 17.2 Å². The lowest BCUT2D eigenvalue weighted by Crippen LogP contribution is -2.49. The van der Waals surface area contributed by atoms with E-state index in [0.29, 0.717) is 0 Å². The lowest BCUT2D eigenvalue weighted by atomic mass is 9.90. The van der Waals surface area contributed by atoms with Crippen LogP contribution in [0.15, 0.2) is 12.1 Å². The summed E-state index contributed by atoms with van der Waals surface area (Å²) in [6.07, 6.45) is 2.34. The molecule has 2 aliphatic heterocycles. The zero-order valence-corrected chi connectivity index (χ0v) is 13.1. The van der Waals surface area contributed by atoms with Crippen molar-refractivity contribution in [1.82, 2.24) is 10.2 Å². The number of nitrogens with one attached hydrogen (secondary N) is 1. The molecule has 0 atom stereocenters. The summed E-state index contributed by atoms with van der Waals surface area (Å²) in [7, 11) is 3.72. The number of benzene rings is 1. The van der Waals surface area contributed by atoms with E-state index in [1.165, 1.54) is 18.4 Å². The Morgan fingerprint density at radius 3 is 2.71 bits per heavy atom. The van der Waals surface area contributed by atoms with Gasteiger partial charge in [0.25, 0.3) is 0 Å². The molecule has 3 rings (SSSR count). The van der Waals surface area contributed by atoms with Crippen molar-refractivity contribution in [2.45, 2.75) is 31.8 Å². The predicted octanol–water partition coefficient (Wildman–Crippen LogP) is 2.00. The first-order valence-corrected chi connectivity index (χ1v) is 7.51. The highest BCUT2D eigenvalue weighted by atomic mass is 16.7. The number of likely N-dealkylation sites (tertiary alicyclic amines) is 1. The van der Waals surface area contributed by atoms with Gasteiger partial charge in [0, 0.05) is 25.2 Å². The zero-order chi connectivity index (χ0) is 14.9. The van der Waals surface area contributed by atoms with Crippen molar-refractivity contribution in [2.75, 3.05) is 34.0 Å². The average Bonchev–Trinajstić information content (AvgIpc) is 2.97. The van der Waals surface area contributed by atoms with Crippen LogP contribution in [0.1, 0.15) is 25.3 Å². The quantitative estimate of drug-likeness (QED) is 0.919. The summed E-state index contributed by atoms with van der Waals surface area (Å²) in [5.41, 5.74) is 1.49. The van der Waals surface area contributed by atoms with E-state index >= 15 is 0 Å². The van der Waals surface area contributed by atoms with Gasteiger partial charge >= 0.3 is 0 Å². The van der Waals surface area contributed by atoms with Crippen LogP contribution in [-0.4, -0.2) is 44.5 Å². The predicted molar refractivity (Wildman–Crippen MR) is 81.1 cm³/mol. The Morgan fingerprint density at radius 1 is 1.29 bits per heavy atom. The molecular formula is C16H24N2O3. The Bertz CT molecular complexity index is 510. The SMILES string of the molecule is CNC1(C)CCN(Cc2cc(OC)c3c(c2)OCO3)CC1. The summed E-state index contributed by atoms with van der Waals surface area (Å²) in [5.74, 6) is 2.28. The van der Waals surface area contributed by atoms with Gasteiger partial charge in [-0.05, 0) is 44.5 Å². The fourth-order valence-electron chi connectivity index (χ4n) is 2.99. The summed E-state index contributed by atoms with van der Waals surface area (Å²) in [5, 5.41) is 3.43. The molecule has 116 valence electrons. The van der Waals surface area contributed by atoms with Crippen LogP contribution >= 0.6 is 0 Å². The van der Waals surface area contributed by atoms with Crippen molar-refractivity contribution in [2.24, 2.45) is 0 Å². The highest BCUT2D eigenvalue weighted by Gasteiger charge is 2.28. The average molecular weight is 292 g/mol. The van der Waals surface area contributed by atoms with Crippen molar-refractivity contribution >= 4 is 0 Å². The van der Waals surface area contributed by atoms with E-state index in [1.54, 1.807) is 7.11 Å². The van der Waals surface area contributed by atoms with Crippen LogP contribution in [0.25, 0.3) is 0 Å². The van der Waals surface area contributed by atoms with Gasteiger partial charge in [-0.15, -0.1) is 0 Å². The second-order valence-corrected chi connectivity index (χ2v) is 6.12. The summed E-state index contributed by atoms with van der Waals surface area (Å²) >= 11 is 0. The topological polar surface area (TPSA) is 43.0 Å². The molecule has 0 bridgehead atoms. The highest BCUT2D eigenvalue weighted by Crippen LogP contribution is 2.42. The zero-order valence-electron chi connectivity index (χ0n) is 13.1. The van der Waals surface area contributed by atoms with Gasteiger partial charge in [0.05, 0.1) is 7.11 Å². The molecule has 0 radical (unpaired) electrons. The maximum atomic E-state index is 5.49. The molecule has 1 aromatic carbocycles. The lowest BCUT2D eigenvalue weighted by Gasteiger charge is -2.39. The van der Waals surface area contributed by atoms with Gasteiger partial charge in [-0.1, -0.05) is 0 Å². The van der Waals surface area contributed by atoms with Crippen LogP contribution in [0, 0.1) is 0 Å². The third-order valence-electron chi connectivity index (χ3n) is 4.69. The molecule has 0 aliphatic carbocycles. The first-order valence-electron chi connectivity index (χ1n) is 7.51. The molecule has 5 nitrogen and oxygen atoms in total. The Labute approximate surface area is 126 Å². The Balaban J connectivity index is 1.69. The molecule has 0 aromatic heterocycles. The molecule has 0 saturated carbocycles. The highest BCUT2D eigenvalue weighted by molar-refractivity contribution is 5.55. The number of rotatable bonds is 4. The van der Waals surface area contributed by atoms with Crippen LogP contribution in [-0.2, 0) is 6.54 Å². The largest absolute Gasteiger partial charge is 0.493 e. The monoisotopic (exact) mass is 292 g/mol. The normalized spacial score (nSPS) is 20.5. The minimum absolute atomic E-state index is 0.277. The van der Waals surface area contributed by atoms with Crippen LogP contribution in [0.2, 0.25) is 0 Å². The Hall–Kier alpha value is -1.46. The van der Waals surface area contributed by atoms with Crippen LogP contribution < -0.4 is 19.5 Å². The summed E-state index contributed by atoms with van der Waals surface area (Å²) in [6.45, 7) is 5.71. The number of nitrogens with zero attached hydrogens (tertiary/aromatic N) is 1. The van der Waals surface area contributed by atoms with E-state index in [0.717, 1.165) is 36.9 Å². The van der Waals surface area contributed by atoms with Gasteiger partial charge in [0.2, 0.25) is 12.5 Å². The van der Waals surface area contributed by atoms with E-state index in [4.69, 9.17) is 14.2 Å². The van der Waals surface area contributed by atoms with Crippen molar-refractivity contribution < 1.29 is 14.2 Å². The van der Waals surface area contributed by atoms with Crippen molar-refractivity contribution in [3.8, 4) is 17.2 Å². The molecule has 1 aromatic rings. The first kappa shape index (κ1) is 14.5. The number of fused-ring (bicyclic) bond motifs is 1. The van der Waals surface area contributed by atoms with Gasteiger partial charge in [-0.3, -0.25) is 4.90 Å². The standard InChI is InChI=1S/C16H24N2O3/c1-16(17-2)4-6-18(7-5-16)10-12-8-13(19-3)15-14(9-12)20-11-21-15/h8-9,17H,4-7,10-11H2,1-3H3. The molecule has 21 heavy (non-hydrogen) atoms. The van der Waals surface area contributed by atoms with E-state index in [1.807, 2.05) is 0 Å². The maximum Gasteiger partial charge on any atom is 0.231 e. The molecule has 0 amide bonds. The smallest absolute Gasteiger partial charge is 0.231 e. The van der Waals surface area contributed by atoms with Crippen molar-refractivity contribution in [3.05, 3.63) is 17.7 Å². The number of piperidine rings is 1. The van der Waals surface area contributed by atoms with Gasteiger partial charge in [-0.25, -0.2) is 0 Å². The molecule has 1 N–H and O–H groups in total. The van der Waals surface area contributed by atoms with E-state index < -0.39 is 0 Å². The first-order chi connectivity index (χ1) is 10.1. The van der Waals surface area contributed by atoms with Crippen molar-refractivity contribution in [1.29, 1.82) is 0 Å². The number of ether oxygens (including phenoxy) is 3. The second-order valence-electron chi connectivity index (χ2n) is 6.12. The van der Waals surface area contributed by atoms with Gasteiger partial charge in [0.1, 0.15) is 0 Å². The number of methoxy groups -OCH3 is 1. The summed E-state index contributed by atoms with van der Waals surface area (Å²) in [4.78, 5) is 2.48. The maximum absolute atomic E-state index is 5.49. The number of hydrogen-bond donors (Lipinski definition) is 1. The Kier molecular flexibility index (Phi) is 3.95. The van der Waals surface area contributed by atoms with E-state index in [9.17, 15) is 0 Å². The molecule has 2 aliphatic rings. The van der Waals surface area contributed by atoms with Crippen LogP contribution in [0.4, 0.5) is 0 Å². The number of hydrogen-bond acceptors (Lipinski definition) is 5. The van der Waals surface area contributed by atoms with Gasteiger partial charge < -0.3 is 19.5 Å². The summed E-state index contributed by atoms with van der Waals surface area (Å²) in [6, 6.07) is 4.12. The minimum atomic E-state index is 0.277. The molecule has 2 heterocycles. The second kappa shape index (κ2) is 5.73. The third kappa shape index (κ3) is 2.94. The Morgan fingerprint density at radius 2 is 2.05 bits per heavy atom. The van der Waals surface area contributed by atoms with Gasteiger partial charge in [-0.2, -0.15) is 0 Å². The minimum Gasteiger partial charge on any atom is -0.493 e. The third-order valence-corrected chi connectivity index (χ3v) is 4.69. The molecule has 0 spiro atoms. The van der Waals surface area contributed by atoms with E-state index in [2.05, 4.69) is 36.3 Å². The van der Waals surface area contributed by atoms with E-state index in [-0.39, 0.29) is 12.3 Å². The fourth-order valence-corrected chi connectivity index (χ4v) is 2.99. The lowest BCUT2D eigenvalue weighted by molar-refractivity contribution is 0.146.